The fourth-order valence-corrected chi connectivity index (χ4v) is 9.37. The van der Waals surface area contributed by atoms with Crippen LogP contribution in [0.15, 0.2) is 12.2 Å². The molecular formula is C62H118O6. The lowest BCUT2D eigenvalue weighted by molar-refractivity contribution is -0.167. The molecule has 68 heavy (non-hydrogen) atoms. The highest BCUT2D eigenvalue weighted by Crippen LogP contribution is 2.18. The zero-order chi connectivity index (χ0) is 49.3. The molecule has 0 radical (unpaired) electrons. The van der Waals surface area contributed by atoms with Gasteiger partial charge in [-0.05, 0) is 38.5 Å². The van der Waals surface area contributed by atoms with Gasteiger partial charge in [0.15, 0.2) is 6.10 Å². The number of hydrogen-bond donors (Lipinski definition) is 0. The number of ether oxygens (including phenoxy) is 3. The summed E-state index contributed by atoms with van der Waals surface area (Å²) in [5, 5.41) is 0. The molecule has 0 rings (SSSR count). The minimum atomic E-state index is -0.767. The summed E-state index contributed by atoms with van der Waals surface area (Å²) >= 11 is 0. The van der Waals surface area contributed by atoms with Gasteiger partial charge in [-0.1, -0.05) is 303 Å². The quantitative estimate of drug-likeness (QED) is 0.0262. The van der Waals surface area contributed by atoms with Gasteiger partial charge >= 0.3 is 17.9 Å². The molecule has 0 aliphatic heterocycles. The monoisotopic (exact) mass is 959 g/mol. The van der Waals surface area contributed by atoms with E-state index in [-0.39, 0.29) is 31.1 Å². The molecule has 0 aliphatic rings. The van der Waals surface area contributed by atoms with Crippen molar-refractivity contribution in [1.29, 1.82) is 0 Å². The van der Waals surface area contributed by atoms with Gasteiger partial charge in [0.25, 0.3) is 0 Å². The van der Waals surface area contributed by atoms with Crippen molar-refractivity contribution >= 4 is 17.9 Å². The van der Waals surface area contributed by atoms with Crippen molar-refractivity contribution in [1.82, 2.24) is 0 Å². The van der Waals surface area contributed by atoms with Gasteiger partial charge in [-0.2, -0.15) is 0 Å². The Hall–Kier alpha value is -1.85. The van der Waals surface area contributed by atoms with E-state index < -0.39 is 6.10 Å². The van der Waals surface area contributed by atoms with E-state index in [1.807, 2.05) is 0 Å². The Balaban J connectivity index is 4.21. The van der Waals surface area contributed by atoms with Gasteiger partial charge in [0, 0.05) is 19.3 Å². The van der Waals surface area contributed by atoms with Crippen molar-refractivity contribution in [3.8, 4) is 0 Å². The van der Waals surface area contributed by atoms with E-state index in [0.717, 1.165) is 64.2 Å². The minimum absolute atomic E-state index is 0.0664. The zero-order valence-electron chi connectivity index (χ0n) is 46.2. The van der Waals surface area contributed by atoms with E-state index in [1.165, 1.54) is 244 Å². The van der Waals surface area contributed by atoms with Crippen molar-refractivity contribution in [2.45, 2.75) is 354 Å². The molecule has 0 spiro atoms. The highest BCUT2D eigenvalue weighted by Gasteiger charge is 2.19. The first-order chi connectivity index (χ1) is 33.5. The number of rotatable bonds is 57. The largest absolute Gasteiger partial charge is 0.462 e. The average molecular weight is 960 g/mol. The summed E-state index contributed by atoms with van der Waals surface area (Å²) in [6, 6.07) is 0. The fourth-order valence-electron chi connectivity index (χ4n) is 9.37. The third kappa shape index (κ3) is 55.1. The second-order valence-electron chi connectivity index (χ2n) is 21.0. The Bertz CT molecular complexity index is 1060. The smallest absolute Gasteiger partial charge is 0.306 e. The number of unbranched alkanes of at least 4 members (excludes halogenated alkanes) is 44. The van der Waals surface area contributed by atoms with E-state index in [9.17, 15) is 14.4 Å². The maximum Gasteiger partial charge on any atom is 0.306 e. The predicted octanol–water partition coefficient (Wildman–Crippen LogP) is 20.5. The molecular weight excluding hydrogens is 841 g/mol. The lowest BCUT2D eigenvalue weighted by atomic mass is 10.0. The maximum atomic E-state index is 12.9. The van der Waals surface area contributed by atoms with E-state index in [0.29, 0.717) is 19.3 Å². The number of carbonyl (C=O) groups is 3. The van der Waals surface area contributed by atoms with Gasteiger partial charge in [-0.25, -0.2) is 0 Å². The SMILES string of the molecule is CCCC/C=C\CCCCCCCC(=O)OCC(COC(=O)CCCCCCCCCCCCCCCCCCCCCCCC)OC(=O)CCCCCCCCCCCCCCCCCCC. The molecule has 0 aromatic rings. The topological polar surface area (TPSA) is 78.9 Å². The second-order valence-corrected chi connectivity index (χ2v) is 21.0. The van der Waals surface area contributed by atoms with E-state index in [1.54, 1.807) is 0 Å². The minimum Gasteiger partial charge on any atom is -0.462 e. The maximum absolute atomic E-state index is 12.9. The zero-order valence-corrected chi connectivity index (χ0v) is 46.2. The van der Waals surface area contributed by atoms with Gasteiger partial charge in [0.05, 0.1) is 0 Å². The van der Waals surface area contributed by atoms with Crippen LogP contribution in [0, 0.1) is 0 Å². The lowest BCUT2D eigenvalue weighted by Crippen LogP contribution is -2.30. The predicted molar refractivity (Wildman–Crippen MR) is 293 cm³/mol. The Morgan fingerprint density at radius 2 is 0.500 bits per heavy atom. The fraction of sp³-hybridized carbons (Fsp3) is 0.919. The van der Waals surface area contributed by atoms with Crippen LogP contribution in [0.4, 0.5) is 0 Å². The third-order valence-electron chi connectivity index (χ3n) is 14.0. The van der Waals surface area contributed by atoms with Crippen molar-refractivity contribution in [2.75, 3.05) is 13.2 Å². The number of esters is 3. The van der Waals surface area contributed by atoms with E-state index in [2.05, 4.69) is 32.9 Å². The number of allylic oxidation sites excluding steroid dienone is 2. The van der Waals surface area contributed by atoms with E-state index in [4.69, 9.17) is 14.2 Å². The molecule has 0 saturated carbocycles. The van der Waals surface area contributed by atoms with Gasteiger partial charge in [0.1, 0.15) is 13.2 Å². The van der Waals surface area contributed by atoms with Gasteiger partial charge in [0.2, 0.25) is 0 Å². The summed E-state index contributed by atoms with van der Waals surface area (Å²) in [5.74, 6) is -0.850. The Labute approximate surface area is 424 Å². The molecule has 0 amide bonds. The standard InChI is InChI=1S/C62H118O6/c1-4-7-10-13-16-19-22-24-26-28-29-30-31-32-34-35-37-40-43-46-49-52-55-61(64)67-58-59(57-66-60(63)54-51-48-45-42-39-21-18-15-12-9-6-3)68-62(65)56-53-50-47-44-41-38-36-33-27-25-23-20-17-14-11-8-5-2/h15,18,59H,4-14,16-17,19-58H2,1-3H3/b18-15-. The van der Waals surface area contributed by atoms with Crippen molar-refractivity contribution in [3.05, 3.63) is 12.2 Å². The molecule has 6 heteroatoms. The molecule has 0 bridgehead atoms. The summed E-state index contributed by atoms with van der Waals surface area (Å²) in [5.41, 5.74) is 0. The molecule has 6 nitrogen and oxygen atoms in total. The van der Waals surface area contributed by atoms with Gasteiger partial charge < -0.3 is 14.2 Å². The molecule has 0 fully saturated rings. The van der Waals surface area contributed by atoms with Crippen LogP contribution in [0.3, 0.4) is 0 Å². The molecule has 1 unspecified atom stereocenters. The Kier molecular flexibility index (Phi) is 56.2. The van der Waals surface area contributed by atoms with Crippen LogP contribution < -0.4 is 0 Å². The average Bonchev–Trinajstić information content (AvgIpc) is 3.34. The summed E-state index contributed by atoms with van der Waals surface area (Å²) in [6.45, 7) is 6.66. The second kappa shape index (κ2) is 57.7. The van der Waals surface area contributed by atoms with Crippen LogP contribution in [0.25, 0.3) is 0 Å². The lowest BCUT2D eigenvalue weighted by Gasteiger charge is -2.18. The number of carbonyl (C=O) groups excluding carboxylic acids is 3. The highest BCUT2D eigenvalue weighted by molar-refractivity contribution is 5.71. The van der Waals surface area contributed by atoms with Crippen LogP contribution in [-0.2, 0) is 28.6 Å². The Morgan fingerprint density at radius 1 is 0.279 bits per heavy atom. The normalized spacial score (nSPS) is 12.0. The van der Waals surface area contributed by atoms with Gasteiger partial charge in [-0.15, -0.1) is 0 Å². The summed E-state index contributed by atoms with van der Waals surface area (Å²) in [6.07, 6.45) is 66.5. The first kappa shape index (κ1) is 66.2. The van der Waals surface area contributed by atoms with Crippen molar-refractivity contribution < 1.29 is 28.6 Å². The Morgan fingerprint density at radius 3 is 0.779 bits per heavy atom. The van der Waals surface area contributed by atoms with Crippen LogP contribution in [0.5, 0.6) is 0 Å². The molecule has 0 aromatic heterocycles. The molecule has 0 aliphatic carbocycles. The van der Waals surface area contributed by atoms with Crippen LogP contribution in [0.2, 0.25) is 0 Å². The highest BCUT2D eigenvalue weighted by atomic mass is 16.6. The molecule has 402 valence electrons. The third-order valence-corrected chi connectivity index (χ3v) is 14.0. The molecule has 0 N–H and O–H groups in total. The summed E-state index contributed by atoms with van der Waals surface area (Å²) in [4.78, 5) is 38.2. The summed E-state index contributed by atoms with van der Waals surface area (Å²) in [7, 11) is 0. The van der Waals surface area contributed by atoms with Gasteiger partial charge in [-0.3, -0.25) is 14.4 Å². The van der Waals surface area contributed by atoms with Crippen LogP contribution in [-0.4, -0.2) is 37.2 Å². The summed E-state index contributed by atoms with van der Waals surface area (Å²) < 4.78 is 16.9. The van der Waals surface area contributed by atoms with Crippen LogP contribution in [0.1, 0.15) is 348 Å². The number of hydrogen-bond acceptors (Lipinski definition) is 6. The van der Waals surface area contributed by atoms with Crippen molar-refractivity contribution in [2.24, 2.45) is 0 Å². The first-order valence-electron chi connectivity index (χ1n) is 30.7. The molecule has 1 atom stereocenters. The molecule has 0 saturated heterocycles. The molecule has 0 heterocycles. The first-order valence-corrected chi connectivity index (χ1v) is 30.7. The van der Waals surface area contributed by atoms with Crippen molar-refractivity contribution in [3.63, 3.8) is 0 Å². The van der Waals surface area contributed by atoms with Crippen LogP contribution >= 0.6 is 0 Å². The van der Waals surface area contributed by atoms with E-state index >= 15 is 0 Å². The molecule has 0 aromatic carbocycles.